The van der Waals surface area contributed by atoms with Gasteiger partial charge in [-0.25, -0.2) is 4.39 Å². The van der Waals surface area contributed by atoms with Gasteiger partial charge in [-0.05, 0) is 43.2 Å². The minimum absolute atomic E-state index is 0.115. The summed E-state index contributed by atoms with van der Waals surface area (Å²) in [5.74, 6) is -1.12. The third kappa shape index (κ3) is 4.44. The molecule has 25 heavy (non-hydrogen) atoms. The molecule has 2 amide bonds. The smallest absolute Gasteiger partial charge is 0.255 e. The number of hydrogen-bond donors (Lipinski definition) is 2. The molecule has 4 nitrogen and oxygen atoms in total. The molecule has 1 fully saturated rings. The number of carbonyl (C=O) groups excluding carboxylic acids is 2. The molecule has 2 aromatic rings. The first-order valence-electron chi connectivity index (χ1n) is 8.60. The van der Waals surface area contributed by atoms with Gasteiger partial charge in [0.25, 0.3) is 11.8 Å². The van der Waals surface area contributed by atoms with Crippen LogP contribution in [0.2, 0.25) is 0 Å². The van der Waals surface area contributed by atoms with Crippen LogP contribution in [0.5, 0.6) is 0 Å². The van der Waals surface area contributed by atoms with E-state index in [1.54, 1.807) is 30.3 Å². The average molecular weight is 340 g/mol. The molecule has 0 aliphatic heterocycles. The van der Waals surface area contributed by atoms with Crippen molar-refractivity contribution in [2.75, 3.05) is 5.32 Å². The van der Waals surface area contributed by atoms with Crippen LogP contribution in [0.4, 0.5) is 10.1 Å². The number of nitrogens with one attached hydrogen (secondary N) is 2. The lowest BCUT2D eigenvalue weighted by Crippen LogP contribution is -2.36. The number of hydrogen-bond acceptors (Lipinski definition) is 2. The van der Waals surface area contributed by atoms with Gasteiger partial charge in [0.2, 0.25) is 0 Å². The first-order chi connectivity index (χ1) is 12.1. The summed E-state index contributed by atoms with van der Waals surface area (Å²) in [5, 5.41) is 5.56. The Morgan fingerprint density at radius 3 is 2.28 bits per heavy atom. The highest BCUT2D eigenvalue weighted by Gasteiger charge is 2.17. The van der Waals surface area contributed by atoms with Gasteiger partial charge in [-0.2, -0.15) is 0 Å². The maximum absolute atomic E-state index is 13.7. The van der Waals surface area contributed by atoms with E-state index in [0.29, 0.717) is 11.1 Å². The molecule has 3 rings (SSSR count). The van der Waals surface area contributed by atoms with Crippen LogP contribution in [0.1, 0.15) is 52.8 Å². The van der Waals surface area contributed by atoms with Crippen molar-refractivity contribution in [2.24, 2.45) is 0 Å². The Balaban J connectivity index is 1.69. The summed E-state index contributed by atoms with van der Waals surface area (Å²) in [4.78, 5) is 24.7. The van der Waals surface area contributed by atoms with Crippen LogP contribution in [0, 0.1) is 5.82 Å². The fourth-order valence-corrected chi connectivity index (χ4v) is 3.07. The van der Waals surface area contributed by atoms with Gasteiger partial charge in [-0.1, -0.05) is 37.5 Å². The average Bonchev–Trinajstić information content (AvgIpc) is 2.64. The molecule has 2 aromatic carbocycles. The van der Waals surface area contributed by atoms with Gasteiger partial charge in [0, 0.05) is 17.2 Å². The summed E-state index contributed by atoms with van der Waals surface area (Å²) >= 11 is 0. The monoisotopic (exact) mass is 340 g/mol. The molecular weight excluding hydrogens is 319 g/mol. The van der Waals surface area contributed by atoms with Crippen LogP contribution in [0.3, 0.4) is 0 Å². The third-order valence-electron chi connectivity index (χ3n) is 4.45. The predicted octanol–water partition coefficient (Wildman–Crippen LogP) is 4.14. The normalized spacial score (nSPS) is 14.8. The van der Waals surface area contributed by atoms with Crippen LogP contribution in [0.15, 0.2) is 48.5 Å². The van der Waals surface area contributed by atoms with E-state index in [0.717, 1.165) is 25.7 Å². The molecule has 0 spiro atoms. The second-order valence-electron chi connectivity index (χ2n) is 6.32. The van der Waals surface area contributed by atoms with Gasteiger partial charge in [0.1, 0.15) is 5.82 Å². The second kappa shape index (κ2) is 7.92. The summed E-state index contributed by atoms with van der Waals surface area (Å²) in [7, 11) is 0. The Bertz CT molecular complexity index is 770. The number of anilines is 1. The topological polar surface area (TPSA) is 58.2 Å². The number of amides is 2. The molecule has 1 aliphatic rings. The Morgan fingerprint density at radius 1 is 0.880 bits per heavy atom. The van der Waals surface area contributed by atoms with Gasteiger partial charge in [-0.3, -0.25) is 9.59 Å². The van der Waals surface area contributed by atoms with Crippen molar-refractivity contribution >= 4 is 17.5 Å². The molecule has 5 heteroatoms. The van der Waals surface area contributed by atoms with E-state index in [1.807, 2.05) is 0 Å². The van der Waals surface area contributed by atoms with Crippen LogP contribution in [-0.4, -0.2) is 17.9 Å². The van der Waals surface area contributed by atoms with Crippen molar-refractivity contribution in [3.8, 4) is 0 Å². The SMILES string of the molecule is O=C(Nc1ccccc1F)c1cccc(C(=O)NC2CCCCC2)c1. The number of benzene rings is 2. The standard InChI is InChI=1S/C20H21FN2O2/c21-17-11-4-5-12-18(17)23-20(25)15-8-6-7-14(13-15)19(24)22-16-9-2-1-3-10-16/h4-8,11-13,16H,1-3,9-10H2,(H,22,24)(H,23,25). The highest BCUT2D eigenvalue weighted by atomic mass is 19.1. The van der Waals surface area contributed by atoms with Crippen molar-refractivity contribution in [3.05, 3.63) is 65.5 Å². The molecule has 2 N–H and O–H groups in total. The summed E-state index contributed by atoms with van der Waals surface area (Å²) in [6.45, 7) is 0. The molecule has 0 aromatic heterocycles. The fourth-order valence-electron chi connectivity index (χ4n) is 3.07. The lowest BCUT2D eigenvalue weighted by molar-refractivity contribution is 0.0927. The molecule has 130 valence electrons. The van der Waals surface area contributed by atoms with Gasteiger partial charge in [0.15, 0.2) is 0 Å². The molecular formula is C20H21FN2O2. The largest absolute Gasteiger partial charge is 0.349 e. The van der Waals surface area contributed by atoms with E-state index < -0.39 is 11.7 Å². The Labute approximate surface area is 146 Å². The molecule has 1 aliphatic carbocycles. The second-order valence-corrected chi connectivity index (χ2v) is 6.32. The van der Waals surface area contributed by atoms with Crippen molar-refractivity contribution in [1.82, 2.24) is 5.32 Å². The fraction of sp³-hybridized carbons (Fsp3) is 0.300. The molecule has 0 bridgehead atoms. The summed E-state index contributed by atoms with van der Waals surface area (Å²) in [6.07, 6.45) is 5.49. The maximum Gasteiger partial charge on any atom is 0.255 e. The first kappa shape index (κ1) is 17.1. The van der Waals surface area contributed by atoms with E-state index in [9.17, 15) is 14.0 Å². The molecule has 0 heterocycles. The summed E-state index contributed by atoms with van der Waals surface area (Å²) in [5.41, 5.74) is 0.871. The number of rotatable bonds is 4. The number of para-hydroxylation sites is 1. The van der Waals surface area contributed by atoms with Crippen molar-refractivity contribution < 1.29 is 14.0 Å². The first-order valence-corrected chi connectivity index (χ1v) is 8.60. The van der Waals surface area contributed by atoms with Crippen LogP contribution < -0.4 is 10.6 Å². The van der Waals surface area contributed by atoms with Gasteiger partial charge < -0.3 is 10.6 Å². The zero-order valence-electron chi connectivity index (χ0n) is 13.9. The third-order valence-corrected chi connectivity index (χ3v) is 4.45. The van der Waals surface area contributed by atoms with Crippen LogP contribution in [0.25, 0.3) is 0 Å². The molecule has 0 radical (unpaired) electrons. The van der Waals surface area contributed by atoms with Crippen LogP contribution in [-0.2, 0) is 0 Å². The van der Waals surface area contributed by atoms with Crippen molar-refractivity contribution in [1.29, 1.82) is 0 Å². The van der Waals surface area contributed by atoms with Gasteiger partial charge >= 0.3 is 0 Å². The van der Waals surface area contributed by atoms with E-state index in [1.165, 1.54) is 24.6 Å². The van der Waals surface area contributed by atoms with E-state index in [2.05, 4.69) is 10.6 Å². The highest BCUT2D eigenvalue weighted by molar-refractivity contribution is 6.06. The predicted molar refractivity (Wildman–Crippen MR) is 95.1 cm³/mol. The quantitative estimate of drug-likeness (QED) is 0.879. The van der Waals surface area contributed by atoms with Crippen molar-refractivity contribution in [3.63, 3.8) is 0 Å². The zero-order chi connectivity index (χ0) is 17.6. The highest BCUT2D eigenvalue weighted by Crippen LogP contribution is 2.18. The minimum Gasteiger partial charge on any atom is -0.349 e. The number of carbonyl (C=O) groups is 2. The summed E-state index contributed by atoms with van der Waals surface area (Å²) < 4.78 is 13.7. The Hall–Kier alpha value is -2.69. The van der Waals surface area contributed by atoms with E-state index in [-0.39, 0.29) is 17.6 Å². The van der Waals surface area contributed by atoms with E-state index in [4.69, 9.17) is 0 Å². The zero-order valence-corrected chi connectivity index (χ0v) is 13.9. The van der Waals surface area contributed by atoms with Gasteiger partial charge in [-0.15, -0.1) is 0 Å². The lowest BCUT2D eigenvalue weighted by atomic mass is 9.95. The van der Waals surface area contributed by atoms with E-state index >= 15 is 0 Å². The molecule has 0 saturated heterocycles. The van der Waals surface area contributed by atoms with Crippen LogP contribution >= 0.6 is 0 Å². The van der Waals surface area contributed by atoms with Crippen molar-refractivity contribution in [2.45, 2.75) is 38.1 Å². The number of halogens is 1. The minimum atomic E-state index is -0.498. The Morgan fingerprint density at radius 2 is 1.56 bits per heavy atom. The molecule has 1 saturated carbocycles. The maximum atomic E-state index is 13.7. The lowest BCUT2D eigenvalue weighted by Gasteiger charge is -2.22. The Kier molecular flexibility index (Phi) is 5.43. The van der Waals surface area contributed by atoms with Gasteiger partial charge in [0.05, 0.1) is 5.69 Å². The summed E-state index contributed by atoms with van der Waals surface area (Å²) in [6, 6.07) is 12.7. The molecule has 0 unspecified atom stereocenters. The molecule has 0 atom stereocenters.